The summed E-state index contributed by atoms with van der Waals surface area (Å²) in [6.07, 6.45) is -4.66. The smallest absolute Gasteiger partial charge is 0.416 e. The maximum absolute atomic E-state index is 13.4. The van der Waals surface area contributed by atoms with Gasteiger partial charge in [-0.3, -0.25) is 9.59 Å². The summed E-state index contributed by atoms with van der Waals surface area (Å²) in [5.74, 6) is -1.08. The lowest BCUT2D eigenvalue weighted by molar-refractivity contribution is -0.137. The van der Waals surface area contributed by atoms with Gasteiger partial charge in [0.1, 0.15) is 5.75 Å². The van der Waals surface area contributed by atoms with Gasteiger partial charge in [-0.2, -0.15) is 13.2 Å². The molecule has 0 spiro atoms. The Morgan fingerprint density at radius 3 is 1.97 bits per heavy atom. The lowest BCUT2D eigenvalue weighted by Gasteiger charge is -2.20. The zero-order chi connectivity index (χ0) is 22.5. The summed E-state index contributed by atoms with van der Waals surface area (Å²) in [5, 5.41) is 1.84. The highest BCUT2D eigenvalue weighted by Crippen LogP contribution is 2.41. The summed E-state index contributed by atoms with van der Waals surface area (Å²) in [4.78, 5) is 26.6. The van der Waals surface area contributed by atoms with Crippen molar-refractivity contribution < 1.29 is 27.5 Å². The molecule has 0 unspecified atom stereocenters. The molecule has 32 heavy (non-hydrogen) atoms. The SMILES string of the molecule is O=C1c2ccccc2C(=O)N1c1cc(C(F)(F)F)ccc1Oc1ccc2ccccc2c1. The summed E-state index contributed by atoms with van der Waals surface area (Å²) in [6, 6.07) is 21.6. The van der Waals surface area contributed by atoms with Crippen LogP contribution in [0.25, 0.3) is 10.8 Å². The molecule has 4 aromatic rings. The van der Waals surface area contributed by atoms with E-state index in [-0.39, 0.29) is 22.6 Å². The number of alkyl halides is 3. The molecule has 7 heteroatoms. The van der Waals surface area contributed by atoms with Gasteiger partial charge in [0.2, 0.25) is 0 Å². The second kappa shape index (κ2) is 7.23. The molecule has 0 fully saturated rings. The molecule has 0 aliphatic carbocycles. The first-order valence-electron chi connectivity index (χ1n) is 9.69. The lowest BCUT2D eigenvalue weighted by atomic mass is 10.1. The van der Waals surface area contributed by atoms with E-state index in [1.165, 1.54) is 12.1 Å². The van der Waals surface area contributed by atoms with Gasteiger partial charge >= 0.3 is 6.18 Å². The van der Waals surface area contributed by atoms with E-state index < -0.39 is 23.6 Å². The molecule has 0 aromatic heterocycles. The molecule has 2 amide bonds. The quantitative estimate of drug-likeness (QED) is 0.349. The van der Waals surface area contributed by atoms with Crippen LogP contribution in [0.4, 0.5) is 18.9 Å². The van der Waals surface area contributed by atoms with Crippen molar-refractivity contribution in [2.24, 2.45) is 0 Å². The van der Waals surface area contributed by atoms with E-state index in [0.717, 1.165) is 33.9 Å². The molecule has 158 valence electrons. The van der Waals surface area contributed by atoms with Gasteiger partial charge in [-0.05, 0) is 53.2 Å². The molecule has 1 aliphatic rings. The van der Waals surface area contributed by atoms with Crippen molar-refractivity contribution in [1.82, 2.24) is 0 Å². The van der Waals surface area contributed by atoms with Crippen LogP contribution in [0.15, 0.2) is 84.9 Å². The predicted molar refractivity (Wildman–Crippen MR) is 113 cm³/mol. The van der Waals surface area contributed by atoms with E-state index in [0.29, 0.717) is 5.75 Å². The number of hydrogen-bond acceptors (Lipinski definition) is 3. The van der Waals surface area contributed by atoms with Crippen LogP contribution in [-0.4, -0.2) is 11.8 Å². The van der Waals surface area contributed by atoms with E-state index in [9.17, 15) is 22.8 Å². The van der Waals surface area contributed by atoms with Crippen LogP contribution in [0, 0.1) is 0 Å². The van der Waals surface area contributed by atoms with Gasteiger partial charge in [-0.1, -0.05) is 42.5 Å². The Bertz CT molecular complexity index is 1360. The number of halogens is 3. The molecular weight excluding hydrogens is 419 g/mol. The summed E-state index contributed by atoms with van der Waals surface area (Å²) < 4.78 is 46.1. The maximum atomic E-state index is 13.4. The summed E-state index contributed by atoms with van der Waals surface area (Å²) in [6.45, 7) is 0. The molecule has 0 saturated carbocycles. The van der Waals surface area contributed by atoms with Gasteiger partial charge in [0.15, 0.2) is 5.75 Å². The third-order valence-electron chi connectivity index (χ3n) is 5.27. The van der Waals surface area contributed by atoms with Crippen LogP contribution in [0.3, 0.4) is 0 Å². The van der Waals surface area contributed by atoms with E-state index in [1.54, 1.807) is 24.3 Å². The number of amides is 2. The van der Waals surface area contributed by atoms with Crippen molar-refractivity contribution in [2.45, 2.75) is 6.18 Å². The van der Waals surface area contributed by atoms with Crippen LogP contribution < -0.4 is 9.64 Å². The fraction of sp³-hybridized carbons (Fsp3) is 0.0400. The van der Waals surface area contributed by atoms with Crippen molar-refractivity contribution in [3.05, 3.63) is 102 Å². The number of carbonyl (C=O) groups excluding carboxylic acids is 2. The van der Waals surface area contributed by atoms with E-state index in [2.05, 4.69) is 0 Å². The summed E-state index contributed by atoms with van der Waals surface area (Å²) >= 11 is 0. The number of anilines is 1. The highest BCUT2D eigenvalue weighted by molar-refractivity contribution is 6.34. The minimum Gasteiger partial charge on any atom is -0.455 e. The average molecular weight is 433 g/mol. The van der Waals surface area contributed by atoms with Crippen molar-refractivity contribution in [1.29, 1.82) is 0 Å². The Balaban J connectivity index is 1.62. The van der Waals surface area contributed by atoms with Gasteiger partial charge in [0, 0.05) is 0 Å². The number of fused-ring (bicyclic) bond motifs is 2. The fourth-order valence-electron chi connectivity index (χ4n) is 3.72. The zero-order valence-corrected chi connectivity index (χ0v) is 16.4. The van der Waals surface area contributed by atoms with Crippen molar-refractivity contribution in [2.75, 3.05) is 4.90 Å². The lowest BCUT2D eigenvalue weighted by Crippen LogP contribution is -2.30. The Kier molecular flexibility index (Phi) is 4.48. The van der Waals surface area contributed by atoms with Crippen LogP contribution in [0.2, 0.25) is 0 Å². The molecule has 1 aliphatic heterocycles. The first-order chi connectivity index (χ1) is 15.3. The number of ether oxygens (including phenoxy) is 1. The van der Waals surface area contributed by atoms with E-state index in [1.807, 2.05) is 30.3 Å². The number of imide groups is 1. The van der Waals surface area contributed by atoms with E-state index >= 15 is 0 Å². The standard InChI is InChI=1S/C25H14F3NO3/c26-25(27,28)17-10-12-22(32-18-11-9-15-5-1-2-6-16(15)13-18)21(14-17)29-23(30)19-7-3-4-8-20(19)24(29)31/h1-14H. The van der Waals surface area contributed by atoms with Crippen molar-refractivity contribution in [3.63, 3.8) is 0 Å². The topological polar surface area (TPSA) is 46.6 Å². The molecule has 4 nitrogen and oxygen atoms in total. The second-order valence-corrected chi connectivity index (χ2v) is 7.28. The molecule has 4 aromatic carbocycles. The maximum Gasteiger partial charge on any atom is 0.416 e. The molecular formula is C25H14F3NO3. The highest BCUT2D eigenvalue weighted by atomic mass is 19.4. The molecule has 0 radical (unpaired) electrons. The molecule has 0 bridgehead atoms. The summed E-state index contributed by atoms with van der Waals surface area (Å²) in [5.41, 5.74) is -0.993. The molecule has 1 heterocycles. The number of nitrogens with zero attached hydrogens (tertiary/aromatic N) is 1. The Morgan fingerprint density at radius 1 is 0.688 bits per heavy atom. The predicted octanol–water partition coefficient (Wildman–Crippen LogP) is 6.45. The number of hydrogen-bond donors (Lipinski definition) is 0. The minimum atomic E-state index is -4.66. The van der Waals surface area contributed by atoms with Gasteiger partial charge in [0.25, 0.3) is 11.8 Å². The molecule has 0 atom stereocenters. The monoisotopic (exact) mass is 433 g/mol. The number of benzene rings is 4. The zero-order valence-electron chi connectivity index (χ0n) is 16.4. The van der Waals surface area contributed by atoms with Crippen LogP contribution in [0.1, 0.15) is 26.3 Å². The van der Waals surface area contributed by atoms with Crippen molar-refractivity contribution in [3.8, 4) is 11.5 Å². The summed E-state index contributed by atoms with van der Waals surface area (Å²) in [7, 11) is 0. The minimum absolute atomic E-state index is 0.0391. The third kappa shape index (κ3) is 3.28. The third-order valence-corrected chi connectivity index (χ3v) is 5.27. The number of carbonyl (C=O) groups is 2. The fourth-order valence-corrected chi connectivity index (χ4v) is 3.72. The van der Waals surface area contributed by atoms with E-state index in [4.69, 9.17) is 4.74 Å². The Hall–Kier alpha value is -4.13. The van der Waals surface area contributed by atoms with Crippen LogP contribution >= 0.6 is 0 Å². The Labute approximate surface area is 180 Å². The van der Waals surface area contributed by atoms with Gasteiger partial charge in [-0.25, -0.2) is 4.90 Å². The average Bonchev–Trinajstić information content (AvgIpc) is 3.03. The molecule has 0 N–H and O–H groups in total. The first-order valence-corrected chi connectivity index (χ1v) is 9.69. The Morgan fingerprint density at radius 2 is 1.31 bits per heavy atom. The van der Waals surface area contributed by atoms with Crippen LogP contribution in [0.5, 0.6) is 11.5 Å². The van der Waals surface area contributed by atoms with Gasteiger partial charge in [-0.15, -0.1) is 0 Å². The first kappa shape index (κ1) is 19.8. The largest absolute Gasteiger partial charge is 0.455 e. The van der Waals surface area contributed by atoms with Gasteiger partial charge in [0.05, 0.1) is 22.4 Å². The number of rotatable bonds is 3. The van der Waals surface area contributed by atoms with Crippen LogP contribution in [-0.2, 0) is 6.18 Å². The normalized spacial score (nSPS) is 13.5. The second-order valence-electron chi connectivity index (χ2n) is 7.28. The highest BCUT2D eigenvalue weighted by Gasteiger charge is 2.40. The van der Waals surface area contributed by atoms with Crippen molar-refractivity contribution >= 4 is 28.3 Å². The molecule has 5 rings (SSSR count). The van der Waals surface area contributed by atoms with Gasteiger partial charge < -0.3 is 4.74 Å². The molecule has 0 saturated heterocycles.